The second-order valence-corrected chi connectivity index (χ2v) is 12.9. The summed E-state index contributed by atoms with van der Waals surface area (Å²) in [7, 11) is 0. The molecule has 0 radical (unpaired) electrons. The molecule has 0 unspecified atom stereocenters. The second-order valence-electron chi connectivity index (χ2n) is 12.9. The highest BCUT2D eigenvalue weighted by molar-refractivity contribution is 5.83. The van der Waals surface area contributed by atoms with Crippen molar-refractivity contribution in [3.63, 3.8) is 0 Å². The van der Waals surface area contributed by atoms with Gasteiger partial charge in [-0.05, 0) is 65.1 Å². The highest BCUT2D eigenvalue weighted by atomic mass is 16.5. The number of carbonyl (C=O) groups is 1. The van der Waals surface area contributed by atoms with Crippen LogP contribution in [0, 0.1) is 11.8 Å². The zero-order valence-corrected chi connectivity index (χ0v) is 27.1. The van der Waals surface area contributed by atoms with E-state index < -0.39 is 24.5 Å². The van der Waals surface area contributed by atoms with E-state index in [1.807, 2.05) is 42.2 Å². The van der Waals surface area contributed by atoms with Gasteiger partial charge < -0.3 is 45.6 Å². The Morgan fingerprint density at radius 2 is 1.94 bits per heavy atom. The van der Waals surface area contributed by atoms with Crippen molar-refractivity contribution < 1.29 is 35.1 Å². The minimum absolute atomic E-state index is 0.0593. The molecule has 0 spiro atoms. The Morgan fingerprint density at radius 3 is 2.75 bits per heavy atom. The molecule has 48 heavy (non-hydrogen) atoms. The van der Waals surface area contributed by atoms with Gasteiger partial charge in [0.2, 0.25) is 0 Å². The highest BCUT2D eigenvalue weighted by Crippen LogP contribution is 2.38. The number of ketones is 1. The molecule has 0 amide bonds. The van der Waals surface area contributed by atoms with Crippen LogP contribution in [-0.2, 0) is 24.1 Å². The summed E-state index contributed by atoms with van der Waals surface area (Å²) in [5.74, 6) is 5.55. The van der Waals surface area contributed by atoms with E-state index in [0.717, 1.165) is 58.1 Å². The number of hydrogen-bond donors (Lipinski definition) is 8. The van der Waals surface area contributed by atoms with Gasteiger partial charge in [-0.2, -0.15) is 0 Å². The third-order valence-electron chi connectivity index (χ3n) is 9.41. The average Bonchev–Trinajstić information content (AvgIpc) is 3.62. The molecule has 6 rings (SSSR count). The van der Waals surface area contributed by atoms with Crippen LogP contribution in [0.1, 0.15) is 97.3 Å². The lowest BCUT2D eigenvalue weighted by Gasteiger charge is -2.28. The maximum atomic E-state index is 12.6. The number of nitrogens with two attached hydrogens (primary N) is 1. The molecule has 2 aliphatic heterocycles. The summed E-state index contributed by atoms with van der Waals surface area (Å²) < 4.78 is 8.20. The average molecular weight is 657 g/mol. The molecule has 2 aromatic carbocycles. The number of phenolic OH excluding ortho intramolecular Hbond substituents is 2. The SMILES string of the molecule is CCC[C@H](O)C[C@@H](O)CC(=O)CCc1cc(O[C@@H]2CC#C[C@H](O)c3ccc4c(c3Cc3c[nH]c5cn2cc35)CCN[C@H]4N)c(O)cc1O. The Kier molecular flexibility index (Phi) is 10.1. The summed E-state index contributed by atoms with van der Waals surface area (Å²) in [6.45, 7) is 2.69. The number of aryl methyl sites for hydroxylation is 1. The van der Waals surface area contributed by atoms with Crippen LogP contribution in [0.5, 0.6) is 17.2 Å². The van der Waals surface area contributed by atoms with Gasteiger partial charge in [0.25, 0.3) is 0 Å². The highest BCUT2D eigenvalue weighted by Gasteiger charge is 2.26. The van der Waals surface area contributed by atoms with Crippen LogP contribution in [0.3, 0.4) is 0 Å². The first kappa shape index (κ1) is 33.6. The number of hydrogen-bond acceptors (Lipinski definition) is 9. The van der Waals surface area contributed by atoms with Gasteiger partial charge in [0, 0.05) is 55.9 Å². The molecule has 0 saturated heterocycles. The van der Waals surface area contributed by atoms with E-state index in [9.17, 15) is 30.3 Å². The number of aromatic nitrogens is 2. The topological polar surface area (TPSA) is 186 Å². The quantitative estimate of drug-likeness (QED) is 0.111. The van der Waals surface area contributed by atoms with Crippen molar-refractivity contribution >= 4 is 16.7 Å². The smallest absolute Gasteiger partial charge is 0.186 e. The number of aromatic hydroxyl groups is 2. The first-order valence-corrected chi connectivity index (χ1v) is 16.7. The fraction of sp³-hybridized carbons (Fsp3) is 0.432. The maximum Gasteiger partial charge on any atom is 0.186 e. The van der Waals surface area contributed by atoms with Crippen LogP contribution in [0.25, 0.3) is 10.9 Å². The van der Waals surface area contributed by atoms with Crippen molar-refractivity contribution in [3.8, 4) is 29.1 Å². The number of nitrogens with one attached hydrogen (secondary N) is 2. The predicted molar refractivity (Wildman–Crippen MR) is 180 cm³/mol. The monoisotopic (exact) mass is 656 g/mol. The summed E-state index contributed by atoms with van der Waals surface area (Å²) in [6.07, 6.45) is 5.48. The Balaban J connectivity index is 1.24. The maximum absolute atomic E-state index is 12.6. The summed E-state index contributed by atoms with van der Waals surface area (Å²) in [5.41, 5.74) is 12.7. The number of benzene rings is 2. The Hall–Kier alpha value is -4.31. The standard InChI is InChI=1S/C37H44N4O7/c1-2-4-23(42)15-25(44)16-24(43)8-7-21-14-35(34(47)17-33(21)46)48-36-6-3-5-32(45)27-9-10-28-26(11-12-39-37(28)38)29(27)13-22-18-40-31-20-41(36)19-30(22)31/h9-10,14,17-20,23,25,32,36-37,39-40,42,44-47H,2,4,6-8,11-13,15-16,38H2,1H3/t23-,25+,32-,36+,37+/m0/s1. The Labute approximate surface area is 279 Å². The molecule has 11 nitrogen and oxygen atoms in total. The molecule has 2 aliphatic rings. The molecule has 9 N–H and O–H groups in total. The minimum Gasteiger partial charge on any atom is -0.508 e. The van der Waals surface area contributed by atoms with Crippen molar-refractivity contribution in [2.45, 2.75) is 95.4 Å². The van der Waals surface area contributed by atoms with Crippen LogP contribution in [0.4, 0.5) is 0 Å². The van der Waals surface area contributed by atoms with Crippen LogP contribution < -0.4 is 15.8 Å². The van der Waals surface area contributed by atoms with Gasteiger partial charge in [0.15, 0.2) is 17.7 Å². The van der Waals surface area contributed by atoms with Gasteiger partial charge in [-0.1, -0.05) is 37.3 Å². The van der Waals surface area contributed by atoms with Crippen molar-refractivity contribution in [1.82, 2.24) is 14.9 Å². The summed E-state index contributed by atoms with van der Waals surface area (Å²) in [4.78, 5) is 15.9. The normalized spacial score (nSPS) is 20.1. The lowest BCUT2D eigenvalue weighted by atomic mass is 9.85. The zero-order chi connectivity index (χ0) is 33.9. The second kappa shape index (κ2) is 14.4. The van der Waals surface area contributed by atoms with Crippen LogP contribution in [0.2, 0.25) is 0 Å². The van der Waals surface area contributed by atoms with E-state index in [1.165, 1.54) is 12.1 Å². The first-order valence-electron chi connectivity index (χ1n) is 16.7. The van der Waals surface area contributed by atoms with E-state index in [0.29, 0.717) is 18.4 Å². The Morgan fingerprint density at radius 1 is 1.12 bits per heavy atom. The number of aromatic amines is 1. The third kappa shape index (κ3) is 7.23. The molecule has 11 heteroatoms. The van der Waals surface area contributed by atoms with E-state index in [1.54, 1.807) is 0 Å². The van der Waals surface area contributed by atoms with E-state index in [2.05, 4.69) is 22.1 Å². The lowest BCUT2D eigenvalue weighted by Crippen LogP contribution is -2.36. The third-order valence-corrected chi connectivity index (χ3v) is 9.41. The molecule has 4 heterocycles. The van der Waals surface area contributed by atoms with Crippen LogP contribution in [-0.4, -0.2) is 59.6 Å². The van der Waals surface area contributed by atoms with Gasteiger partial charge in [-0.25, -0.2) is 0 Å². The van der Waals surface area contributed by atoms with Crippen molar-refractivity contribution in [3.05, 3.63) is 76.2 Å². The summed E-state index contributed by atoms with van der Waals surface area (Å²) in [6, 6.07) is 6.58. The summed E-state index contributed by atoms with van der Waals surface area (Å²) >= 11 is 0. The molecule has 0 fully saturated rings. The van der Waals surface area contributed by atoms with Gasteiger partial charge in [-0.15, -0.1) is 0 Å². The van der Waals surface area contributed by atoms with Crippen molar-refractivity contribution in [1.29, 1.82) is 0 Å². The largest absolute Gasteiger partial charge is 0.508 e. The van der Waals surface area contributed by atoms with Crippen LogP contribution in [0.15, 0.2) is 42.9 Å². The van der Waals surface area contributed by atoms with Gasteiger partial charge >= 0.3 is 0 Å². The molecular weight excluding hydrogens is 612 g/mol. The number of aliphatic hydroxyl groups is 3. The van der Waals surface area contributed by atoms with E-state index in [-0.39, 0.29) is 61.3 Å². The van der Waals surface area contributed by atoms with E-state index >= 15 is 0 Å². The molecule has 0 aliphatic carbocycles. The number of nitrogens with zero attached hydrogens (tertiary/aromatic N) is 1. The van der Waals surface area contributed by atoms with Crippen LogP contribution >= 0.6 is 0 Å². The van der Waals surface area contributed by atoms with Crippen molar-refractivity contribution in [2.75, 3.05) is 6.54 Å². The zero-order valence-electron chi connectivity index (χ0n) is 27.1. The molecule has 2 aromatic heterocycles. The minimum atomic E-state index is -1.03. The summed E-state index contributed by atoms with van der Waals surface area (Å²) in [5, 5.41) is 57.1. The number of Topliss-reactive ketones (excluding diaryl/α,β-unsaturated/α-hetero) is 1. The molecular formula is C37H44N4O7. The van der Waals surface area contributed by atoms with Gasteiger partial charge in [0.1, 0.15) is 17.6 Å². The number of fused-ring (bicyclic) bond motifs is 4. The molecule has 5 atom stereocenters. The number of rotatable bonds is 11. The number of ether oxygens (including phenoxy) is 1. The number of carbonyl (C=O) groups excluding carboxylic acids is 1. The Bertz CT molecular complexity index is 1850. The molecule has 254 valence electrons. The number of phenols is 2. The van der Waals surface area contributed by atoms with Gasteiger partial charge in [-0.3, -0.25) is 10.1 Å². The predicted octanol–water partition coefficient (Wildman–Crippen LogP) is 3.90. The first-order chi connectivity index (χ1) is 23.1. The molecule has 2 bridgehead atoms. The fourth-order valence-electron chi connectivity index (χ4n) is 6.89. The number of H-pyrrole nitrogens is 1. The number of aliphatic hydroxyl groups excluding tert-OH is 3. The lowest BCUT2D eigenvalue weighted by molar-refractivity contribution is -0.121. The van der Waals surface area contributed by atoms with Crippen molar-refractivity contribution in [2.24, 2.45) is 5.73 Å². The van der Waals surface area contributed by atoms with Gasteiger partial charge in [0.05, 0.1) is 30.3 Å². The van der Waals surface area contributed by atoms with E-state index in [4.69, 9.17) is 10.5 Å². The fourth-order valence-corrected chi connectivity index (χ4v) is 6.89. The molecule has 0 saturated carbocycles. The molecule has 4 aromatic rings.